The van der Waals surface area contributed by atoms with Gasteiger partial charge in [0.2, 0.25) is 0 Å². The standard InChI is InChI=1S/2Mg.H4O4Si.O4Si.H4Si/c;;2*1-5(2,3)4;/h;;1-4H;;1H4/q2*+2;;-4;. The number of hydrogen-bond acceptors (Lipinski definition) is 8. The Balaban J connectivity index is -0.0000000267. The Morgan fingerprint density at radius 3 is 0.692 bits per heavy atom. The van der Waals surface area contributed by atoms with Crippen LogP contribution in [0.2, 0.25) is 0 Å². The predicted molar refractivity (Wildman–Crippen MR) is 43.2 cm³/mol. The second-order valence-electron chi connectivity index (χ2n) is 1.10. The van der Waals surface area contributed by atoms with Gasteiger partial charge in [-0.05, 0) is 11.0 Å². The summed E-state index contributed by atoms with van der Waals surface area (Å²) in [4.78, 5) is 63.6. The first-order valence-corrected chi connectivity index (χ1v) is 5.13. The van der Waals surface area contributed by atoms with Crippen LogP contribution in [0.25, 0.3) is 0 Å². The van der Waals surface area contributed by atoms with Crippen LogP contribution in [-0.2, 0) is 0 Å². The molecule has 0 saturated heterocycles. The van der Waals surface area contributed by atoms with Gasteiger partial charge >= 0.3 is 55.2 Å². The van der Waals surface area contributed by atoms with E-state index in [2.05, 4.69) is 0 Å². The van der Waals surface area contributed by atoms with E-state index < -0.39 is 18.1 Å². The molecule has 0 saturated carbocycles. The Bertz CT molecular complexity index is 60.4. The molecule has 0 bridgehead atoms. The van der Waals surface area contributed by atoms with Crippen molar-refractivity contribution >= 4 is 75.2 Å². The maximum atomic E-state index is 8.58. The maximum Gasteiger partial charge on any atom is 2.00 e. The molecule has 72 valence electrons. The molecule has 13 heavy (non-hydrogen) atoms. The molecule has 0 aliphatic carbocycles. The number of rotatable bonds is 0. The molecule has 4 N–H and O–H groups in total. The summed E-state index contributed by atoms with van der Waals surface area (Å²) in [7, 11) is -10.2. The third kappa shape index (κ3) is 562. The van der Waals surface area contributed by atoms with Gasteiger partial charge in [0.25, 0.3) is 0 Å². The van der Waals surface area contributed by atoms with Gasteiger partial charge in [0, 0.05) is 0 Å². The van der Waals surface area contributed by atoms with E-state index in [1.54, 1.807) is 0 Å². The fraction of sp³-hybridized carbons (Fsp3) is 0. The third-order valence-electron chi connectivity index (χ3n) is 0. The summed E-state index contributed by atoms with van der Waals surface area (Å²) in [5.41, 5.74) is 0. The molecule has 0 spiro atoms. The summed E-state index contributed by atoms with van der Waals surface area (Å²) in [5, 5.41) is 0. The number of hydrogen-bond donors (Lipinski definition) is 4. The van der Waals surface area contributed by atoms with Crippen LogP contribution < -0.4 is 19.2 Å². The zero-order valence-electron chi connectivity index (χ0n) is 5.84. The summed E-state index contributed by atoms with van der Waals surface area (Å²) in [6, 6.07) is 0. The molecule has 0 unspecified atom stereocenters. The van der Waals surface area contributed by atoms with Gasteiger partial charge in [0.15, 0.2) is 0 Å². The third-order valence-corrected chi connectivity index (χ3v) is 0. The molecule has 0 aromatic rings. The summed E-state index contributed by atoms with van der Waals surface area (Å²) in [6.45, 7) is 0. The van der Waals surface area contributed by atoms with Gasteiger partial charge in [-0.15, -0.1) is 0 Å². The second-order valence-corrected chi connectivity index (χ2v) is 3.30. The van der Waals surface area contributed by atoms with E-state index >= 15 is 0 Å². The van der Waals surface area contributed by atoms with E-state index in [0.717, 1.165) is 0 Å². The van der Waals surface area contributed by atoms with Crippen molar-refractivity contribution in [3.63, 3.8) is 0 Å². The fourth-order valence-electron chi connectivity index (χ4n) is 0. The van der Waals surface area contributed by atoms with Crippen molar-refractivity contribution in [2.45, 2.75) is 0 Å². The molecule has 0 aliphatic heterocycles. The topological polar surface area (TPSA) is 173 Å². The average molecular weight is 269 g/mol. The molecule has 0 amide bonds. The van der Waals surface area contributed by atoms with Gasteiger partial charge < -0.3 is 47.4 Å². The molecular formula is H8Mg2O8Si3. The fourth-order valence-corrected chi connectivity index (χ4v) is 0. The Morgan fingerprint density at radius 2 is 0.692 bits per heavy atom. The zero-order valence-corrected chi connectivity index (χ0v) is 10.7. The van der Waals surface area contributed by atoms with Gasteiger partial charge in [-0.25, -0.2) is 0 Å². The Morgan fingerprint density at radius 1 is 0.692 bits per heavy atom. The van der Waals surface area contributed by atoms with Crippen molar-refractivity contribution < 1.29 is 38.4 Å². The van der Waals surface area contributed by atoms with Crippen molar-refractivity contribution in [3.8, 4) is 0 Å². The van der Waals surface area contributed by atoms with E-state index in [9.17, 15) is 0 Å². The molecule has 0 aromatic carbocycles. The van der Waals surface area contributed by atoms with Crippen LogP contribution in [0.5, 0.6) is 0 Å². The second kappa shape index (κ2) is 11.9. The first-order valence-electron chi connectivity index (χ1n) is 1.71. The van der Waals surface area contributed by atoms with Gasteiger partial charge in [-0.2, -0.15) is 0 Å². The van der Waals surface area contributed by atoms with E-state index in [4.69, 9.17) is 38.4 Å². The van der Waals surface area contributed by atoms with Gasteiger partial charge in [0.05, 0.1) is 0 Å². The molecular weight excluding hydrogens is 261 g/mol. The first kappa shape index (κ1) is 29.4. The van der Waals surface area contributed by atoms with E-state index in [0.29, 0.717) is 0 Å². The predicted octanol–water partition coefficient (Wildman–Crippen LogP) is -9.96. The molecule has 0 aromatic heterocycles. The minimum absolute atomic E-state index is 0. The minimum atomic E-state index is -5.61. The SMILES string of the molecule is O[Si](O)(O)O.[Mg+2].[Mg+2].[O-][Si]([O-])([O-])[O-].[SiH4]. The normalized spacial score (nSPS) is 9.23. The molecule has 0 fully saturated rings. The zero-order chi connectivity index (χ0) is 9.00. The molecule has 0 aliphatic rings. The van der Waals surface area contributed by atoms with E-state index in [-0.39, 0.29) is 57.1 Å². The summed E-state index contributed by atoms with van der Waals surface area (Å²) in [5.74, 6) is 0. The molecule has 0 radical (unpaired) electrons. The van der Waals surface area contributed by atoms with Crippen molar-refractivity contribution in [1.82, 2.24) is 0 Å². The van der Waals surface area contributed by atoms with Gasteiger partial charge in [0.1, 0.15) is 0 Å². The Hall–Kier alpha value is 1.86. The van der Waals surface area contributed by atoms with E-state index in [1.165, 1.54) is 0 Å². The van der Waals surface area contributed by atoms with Gasteiger partial charge in [-0.1, -0.05) is 0 Å². The summed E-state index contributed by atoms with van der Waals surface area (Å²) in [6.07, 6.45) is 0. The Kier molecular flexibility index (Phi) is 27.0. The molecule has 8 nitrogen and oxygen atoms in total. The maximum absolute atomic E-state index is 8.58. The van der Waals surface area contributed by atoms with Crippen LogP contribution in [0.1, 0.15) is 0 Å². The van der Waals surface area contributed by atoms with Crippen LogP contribution in [-0.4, -0.2) is 94.3 Å². The van der Waals surface area contributed by atoms with Crippen molar-refractivity contribution in [2.75, 3.05) is 0 Å². The quantitative estimate of drug-likeness (QED) is 0.313. The largest absolute Gasteiger partial charge is 2.00 e. The van der Waals surface area contributed by atoms with Gasteiger partial charge in [-0.3, -0.25) is 0 Å². The van der Waals surface area contributed by atoms with Crippen molar-refractivity contribution in [2.24, 2.45) is 0 Å². The van der Waals surface area contributed by atoms with Crippen molar-refractivity contribution in [3.05, 3.63) is 0 Å². The average Bonchev–Trinajstić information content (AvgIpc) is 1.12. The van der Waals surface area contributed by atoms with Crippen LogP contribution in [0.15, 0.2) is 0 Å². The minimum Gasteiger partial charge on any atom is -0.894 e. The van der Waals surface area contributed by atoms with Crippen LogP contribution in [0.4, 0.5) is 0 Å². The molecule has 0 atom stereocenters. The Labute approximate surface area is 113 Å². The van der Waals surface area contributed by atoms with Crippen molar-refractivity contribution in [1.29, 1.82) is 0 Å². The molecule has 13 heteroatoms. The smallest absolute Gasteiger partial charge is 0.894 e. The summed E-state index contributed by atoms with van der Waals surface area (Å²) < 4.78 is 0. The van der Waals surface area contributed by atoms with Crippen LogP contribution >= 0.6 is 0 Å². The monoisotopic (exact) mass is 268 g/mol. The summed E-state index contributed by atoms with van der Waals surface area (Å²) >= 11 is 0. The molecule has 0 rings (SSSR count). The van der Waals surface area contributed by atoms with Crippen LogP contribution in [0.3, 0.4) is 0 Å². The van der Waals surface area contributed by atoms with Crippen LogP contribution in [0, 0.1) is 0 Å². The van der Waals surface area contributed by atoms with E-state index in [1.807, 2.05) is 0 Å². The molecule has 0 heterocycles. The first-order chi connectivity index (χ1) is 4.00.